The molecule has 0 spiro atoms. The number of hydrogen-bond donors (Lipinski definition) is 2. The van der Waals surface area contributed by atoms with Gasteiger partial charge in [0.25, 0.3) is 0 Å². The normalized spacial score (nSPS) is 14.1. The van der Waals surface area contributed by atoms with E-state index in [4.69, 9.17) is 34.0 Å². The zero-order valence-electron chi connectivity index (χ0n) is 10.7. The van der Waals surface area contributed by atoms with Crippen LogP contribution < -0.4 is 5.73 Å². The summed E-state index contributed by atoms with van der Waals surface area (Å²) < 4.78 is 0. The van der Waals surface area contributed by atoms with Crippen molar-refractivity contribution in [3.05, 3.63) is 35.4 Å². The number of halogens is 2. The fraction of sp³-hybridized carbons (Fsp3) is 0.500. The van der Waals surface area contributed by atoms with Crippen molar-refractivity contribution in [2.75, 3.05) is 11.8 Å². The lowest BCUT2D eigenvalue weighted by Gasteiger charge is -2.23. The first-order chi connectivity index (χ1) is 9.01. The van der Waals surface area contributed by atoms with Crippen LogP contribution in [-0.4, -0.2) is 28.4 Å². The highest BCUT2D eigenvalue weighted by Crippen LogP contribution is 2.18. The first-order valence-electron chi connectivity index (χ1n) is 6.24. The van der Waals surface area contributed by atoms with Crippen LogP contribution in [0.15, 0.2) is 24.3 Å². The molecule has 0 aromatic heterocycles. The number of carboxylic acids is 1. The third kappa shape index (κ3) is 5.01. The number of aryl methyl sites for hydroxylation is 2. The summed E-state index contributed by atoms with van der Waals surface area (Å²) in [5, 5.41) is 9.16. The van der Waals surface area contributed by atoms with Crippen LogP contribution in [0.25, 0.3) is 0 Å². The Balaban J connectivity index is 2.61. The molecule has 0 aliphatic heterocycles. The first-order valence-corrected chi connectivity index (χ1v) is 7.31. The van der Waals surface area contributed by atoms with Gasteiger partial charge >= 0.3 is 5.97 Å². The molecule has 1 unspecified atom stereocenters. The number of benzene rings is 1. The molecule has 3 N–H and O–H groups in total. The van der Waals surface area contributed by atoms with Gasteiger partial charge in [0.2, 0.25) is 0 Å². The molecule has 0 radical (unpaired) electrons. The zero-order chi connectivity index (χ0) is 14.3. The first kappa shape index (κ1) is 16.3. The van der Waals surface area contributed by atoms with Gasteiger partial charge in [0.15, 0.2) is 0 Å². The summed E-state index contributed by atoms with van der Waals surface area (Å²) in [7, 11) is 0. The number of aliphatic carboxylic acids is 1. The van der Waals surface area contributed by atoms with Crippen LogP contribution >= 0.6 is 23.2 Å². The molecular weight excluding hydrogens is 285 g/mol. The smallest absolute Gasteiger partial charge is 0.323 e. The third-order valence-electron chi connectivity index (χ3n) is 3.23. The number of carbonyl (C=O) groups is 1. The van der Waals surface area contributed by atoms with Crippen molar-refractivity contribution in [2.24, 2.45) is 5.73 Å². The highest BCUT2D eigenvalue weighted by atomic mass is 35.5. The Labute approximate surface area is 123 Å². The maximum Gasteiger partial charge on any atom is 0.323 e. The van der Waals surface area contributed by atoms with E-state index in [0.717, 1.165) is 12.0 Å². The minimum Gasteiger partial charge on any atom is -0.480 e. The SMILES string of the molecule is NC(CCCl)(CCc1ccc(CCCl)cc1)C(=O)O. The molecule has 0 saturated heterocycles. The van der Waals surface area contributed by atoms with Crippen LogP contribution in [0.2, 0.25) is 0 Å². The number of carboxylic acid groups (broad SMARTS) is 1. The lowest BCUT2D eigenvalue weighted by molar-refractivity contribution is -0.143. The third-order valence-corrected chi connectivity index (χ3v) is 3.61. The largest absolute Gasteiger partial charge is 0.480 e. The quantitative estimate of drug-likeness (QED) is 0.726. The van der Waals surface area contributed by atoms with Crippen LogP contribution in [0.3, 0.4) is 0 Å². The van der Waals surface area contributed by atoms with Gasteiger partial charge in [-0.2, -0.15) is 0 Å². The van der Waals surface area contributed by atoms with E-state index < -0.39 is 11.5 Å². The van der Waals surface area contributed by atoms with Gasteiger partial charge in [-0.15, -0.1) is 23.2 Å². The standard InChI is InChI=1S/C14H19Cl2NO2/c15-9-6-12-3-1-11(2-4-12)5-7-14(17,8-10-16)13(18)19/h1-4H,5-10,17H2,(H,18,19). The van der Waals surface area contributed by atoms with Crippen molar-refractivity contribution >= 4 is 29.2 Å². The van der Waals surface area contributed by atoms with Crippen LogP contribution in [0, 0.1) is 0 Å². The molecular formula is C14H19Cl2NO2. The van der Waals surface area contributed by atoms with E-state index in [1.54, 1.807) is 0 Å². The molecule has 1 rings (SSSR count). The summed E-state index contributed by atoms with van der Waals surface area (Å²) in [5.74, 6) is -0.149. The van der Waals surface area contributed by atoms with Crippen molar-refractivity contribution < 1.29 is 9.90 Å². The predicted octanol–water partition coefficient (Wildman–Crippen LogP) is 2.81. The Morgan fingerprint density at radius 1 is 1.05 bits per heavy atom. The van der Waals surface area contributed by atoms with Gasteiger partial charge in [0, 0.05) is 11.8 Å². The van der Waals surface area contributed by atoms with Crippen molar-refractivity contribution in [2.45, 2.75) is 31.2 Å². The summed E-state index contributed by atoms with van der Waals surface area (Å²) in [4.78, 5) is 11.2. The van der Waals surface area contributed by atoms with Crippen molar-refractivity contribution in [1.29, 1.82) is 0 Å². The molecule has 0 aliphatic rings. The molecule has 1 atom stereocenters. The monoisotopic (exact) mass is 303 g/mol. The molecule has 0 amide bonds. The second kappa shape index (κ2) is 7.73. The molecule has 0 fully saturated rings. The minimum absolute atomic E-state index is 0.247. The number of nitrogens with two attached hydrogens (primary N) is 1. The molecule has 1 aromatic rings. The van der Waals surface area contributed by atoms with Crippen LogP contribution in [0.4, 0.5) is 0 Å². The Morgan fingerprint density at radius 2 is 1.58 bits per heavy atom. The van der Waals surface area contributed by atoms with Crippen molar-refractivity contribution in [1.82, 2.24) is 0 Å². The molecule has 106 valence electrons. The Hall–Kier alpha value is -0.770. The Morgan fingerprint density at radius 3 is 2.00 bits per heavy atom. The molecule has 5 heteroatoms. The summed E-state index contributed by atoms with van der Waals surface area (Å²) >= 11 is 11.3. The average Bonchev–Trinajstić information content (AvgIpc) is 2.38. The maximum atomic E-state index is 11.2. The van der Waals surface area contributed by atoms with Gasteiger partial charge in [-0.05, 0) is 36.8 Å². The lowest BCUT2D eigenvalue weighted by Crippen LogP contribution is -2.48. The molecule has 3 nitrogen and oxygen atoms in total. The molecule has 19 heavy (non-hydrogen) atoms. The zero-order valence-corrected chi connectivity index (χ0v) is 12.3. The summed E-state index contributed by atoms with van der Waals surface area (Å²) in [6.07, 6.45) is 2.11. The van der Waals surface area contributed by atoms with E-state index in [1.165, 1.54) is 5.56 Å². The van der Waals surface area contributed by atoms with Crippen molar-refractivity contribution in [3.8, 4) is 0 Å². The van der Waals surface area contributed by atoms with E-state index >= 15 is 0 Å². The molecule has 0 heterocycles. The second-order valence-electron chi connectivity index (χ2n) is 4.66. The number of rotatable bonds is 8. The number of alkyl halides is 2. The topological polar surface area (TPSA) is 63.3 Å². The van der Waals surface area contributed by atoms with Crippen molar-refractivity contribution in [3.63, 3.8) is 0 Å². The summed E-state index contributed by atoms with van der Waals surface area (Å²) in [6, 6.07) is 8.01. The molecule has 0 saturated carbocycles. The van der Waals surface area contributed by atoms with E-state index in [0.29, 0.717) is 18.7 Å². The highest BCUT2D eigenvalue weighted by Gasteiger charge is 2.32. The fourth-order valence-electron chi connectivity index (χ4n) is 1.86. The molecule has 1 aromatic carbocycles. The van der Waals surface area contributed by atoms with Crippen LogP contribution in [0.5, 0.6) is 0 Å². The van der Waals surface area contributed by atoms with E-state index in [1.807, 2.05) is 24.3 Å². The van der Waals surface area contributed by atoms with Gasteiger partial charge in [-0.3, -0.25) is 4.79 Å². The Kier molecular flexibility index (Phi) is 6.63. The predicted molar refractivity (Wildman–Crippen MR) is 79.1 cm³/mol. The van der Waals surface area contributed by atoms with Gasteiger partial charge in [0.1, 0.15) is 5.54 Å². The molecule has 0 bridgehead atoms. The lowest BCUT2D eigenvalue weighted by atomic mass is 9.89. The van der Waals surface area contributed by atoms with Gasteiger partial charge in [-0.25, -0.2) is 0 Å². The minimum atomic E-state index is -1.24. The second-order valence-corrected chi connectivity index (χ2v) is 5.41. The van der Waals surface area contributed by atoms with Gasteiger partial charge in [0.05, 0.1) is 0 Å². The Bertz CT molecular complexity index is 408. The van der Waals surface area contributed by atoms with Gasteiger partial charge < -0.3 is 10.8 Å². The van der Waals surface area contributed by atoms with E-state index in [-0.39, 0.29) is 12.3 Å². The average molecular weight is 304 g/mol. The summed E-state index contributed by atoms with van der Waals surface area (Å²) in [5.41, 5.74) is 6.89. The highest BCUT2D eigenvalue weighted by molar-refractivity contribution is 6.18. The summed E-state index contributed by atoms with van der Waals surface area (Å²) in [6.45, 7) is 0. The van der Waals surface area contributed by atoms with E-state index in [2.05, 4.69) is 0 Å². The number of hydrogen-bond acceptors (Lipinski definition) is 2. The van der Waals surface area contributed by atoms with Gasteiger partial charge in [-0.1, -0.05) is 24.3 Å². The van der Waals surface area contributed by atoms with E-state index in [9.17, 15) is 4.79 Å². The molecule has 0 aliphatic carbocycles. The van der Waals surface area contributed by atoms with Crippen LogP contribution in [-0.2, 0) is 17.6 Å². The fourth-order valence-corrected chi connectivity index (χ4v) is 2.41. The van der Waals surface area contributed by atoms with Crippen LogP contribution in [0.1, 0.15) is 24.0 Å². The maximum absolute atomic E-state index is 11.2.